The van der Waals surface area contributed by atoms with Crippen molar-refractivity contribution in [3.8, 4) is 0 Å². The maximum absolute atomic E-state index is 10.7. The van der Waals surface area contributed by atoms with E-state index < -0.39 is 16.1 Å². The van der Waals surface area contributed by atoms with Crippen LogP contribution in [0.5, 0.6) is 0 Å². The fourth-order valence-electron chi connectivity index (χ4n) is 0.518. The van der Waals surface area contributed by atoms with Crippen LogP contribution in [0.2, 0.25) is 0 Å². The zero-order chi connectivity index (χ0) is 8.91. The first-order valence-corrected chi connectivity index (χ1v) is 4.86. The van der Waals surface area contributed by atoms with Crippen molar-refractivity contribution in [2.24, 2.45) is 0 Å². The van der Waals surface area contributed by atoms with E-state index in [2.05, 4.69) is 0 Å². The largest absolute Gasteiger partial charge is 0.464 e. The van der Waals surface area contributed by atoms with Gasteiger partial charge in [0.25, 0.3) is 0 Å². The maximum Gasteiger partial charge on any atom is 0.418 e. The number of amides is 1. The van der Waals surface area contributed by atoms with Crippen molar-refractivity contribution in [1.29, 1.82) is 0 Å². The summed E-state index contributed by atoms with van der Waals surface area (Å²) in [6.07, 6.45) is -0.329. The summed E-state index contributed by atoms with van der Waals surface area (Å²) < 4.78 is 22.9. The predicted octanol–water partition coefficient (Wildman–Crippen LogP) is -0.441. The Labute approximate surface area is 70.9 Å². The summed E-state index contributed by atoms with van der Waals surface area (Å²) >= 11 is 0. The normalized spacial score (nSPS) is 10.1. The molecule has 0 aliphatic heterocycles. The summed E-state index contributed by atoms with van der Waals surface area (Å²) in [7, 11) is -3.59. The van der Waals surface area contributed by atoms with Crippen molar-refractivity contribution in [3.05, 3.63) is 0 Å². The highest BCUT2D eigenvalue weighted by molar-refractivity contribution is 7.90. The van der Waals surface area contributed by atoms with E-state index in [1.54, 1.807) is 0 Å². The van der Waals surface area contributed by atoms with Crippen molar-refractivity contribution < 1.29 is 23.8 Å². The van der Waals surface area contributed by atoms with Gasteiger partial charge in [-0.05, 0) is 6.42 Å². The van der Waals surface area contributed by atoms with Gasteiger partial charge in [-0.15, -0.1) is 0 Å². The highest BCUT2D eigenvalue weighted by atomic mass is 32.2. The first-order valence-electron chi connectivity index (χ1n) is 3.21. The summed E-state index contributed by atoms with van der Waals surface area (Å²) in [5, 5.41) is 8.06. The van der Waals surface area contributed by atoms with Crippen LogP contribution in [-0.2, 0) is 10.0 Å². The Balaban J connectivity index is 0. The third-order valence-electron chi connectivity index (χ3n) is 1.01. The third-order valence-corrected chi connectivity index (χ3v) is 2.32. The lowest BCUT2D eigenvalue weighted by Gasteiger charge is -2.00. The second-order valence-electron chi connectivity index (χ2n) is 2.08. The smallest absolute Gasteiger partial charge is 0.418 e. The minimum Gasteiger partial charge on any atom is -0.464 e. The summed E-state index contributed by atoms with van der Waals surface area (Å²) in [6, 6.07) is 0. The number of hydrogen-bond acceptors (Lipinski definition) is 3. The van der Waals surface area contributed by atoms with E-state index in [1.807, 2.05) is 6.92 Å². The molecule has 0 unspecified atom stereocenters. The van der Waals surface area contributed by atoms with E-state index in [0.29, 0.717) is 6.42 Å². The summed E-state index contributed by atoms with van der Waals surface area (Å²) in [4.78, 5) is 9.89. The Kier molecular flexibility index (Phi) is 6.63. The lowest BCUT2D eigenvalue weighted by atomic mass is 10.4. The van der Waals surface area contributed by atoms with Crippen molar-refractivity contribution in [1.82, 2.24) is 4.72 Å². The molecule has 7 heteroatoms. The zero-order valence-corrected chi connectivity index (χ0v) is 7.52. The molecule has 6 nitrogen and oxygen atoms in total. The van der Waals surface area contributed by atoms with Gasteiger partial charge in [0.2, 0.25) is 10.0 Å². The number of carbonyl (C=O) groups is 1. The first-order chi connectivity index (χ1) is 4.98. The number of rotatable bonds is 4. The SMILES string of the molecule is CCCCS(=O)(=O)NC(=O)O.O. The van der Waals surface area contributed by atoms with Crippen LogP contribution < -0.4 is 4.72 Å². The number of sulfonamides is 1. The fourth-order valence-corrected chi connectivity index (χ4v) is 1.56. The minimum absolute atomic E-state index is 0. The van der Waals surface area contributed by atoms with Gasteiger partial charge in [-0.25, -0.2) is 17.9 Å². The van der Waals surface area contributed by atoms with Crippen LogP contribution in [-0.4, -0.2) is 30.8 Å². The zero-order valence-electron chi connectivity index (χ0n) is 6.70. The molecule has 0 aliphatic rings. The van der Waals surface area contributed by atoms with E-state index in [1.165, 1.54) is 4.72 Å². The summed E-state index contributed by atoms with van der Waals surface area (Å²) in [6.45, 7) is 1.83. The van der Waals surface area contributed by atoms with Gasteiger partial charge in [0, 0.05) is 0 Å². The van der Waals surface area contributed by atoms with E-state index in [4.69, 9.17) is 5.11 Å². The molecular weight excluding hydrogens is 186 g/mol. The lowest BCUT2D eigenvalue weighted by Crippen LogP contribution is -2.30. The lowest BCUT2D eigenvalue weighted by molar-refractivity contribution is 0.201. The number of unbranched alkanes of at least 4 members (excludes halogenated alkanes) is 1. The molecule has 0 atom stereocenters. The van der Waals surface area contributed by atoms with E-state index >= 15 is 0 Å². The van der Waals surface area contributed by atoms with Gasteiger partial charge < -0.3 is 10.6 Å². The summed E-state index contributed by atoms with van der Waals surface area (Å²) in [5.74, 6) is -0.129. The molecule has 74 valence electrons. The van der Waals surface area contributed by atoms with Gasteiger partial charge >= 0.3 is 6.09 Å². The standard InChI is InChI=1S/C5H11NO4S.H2O/c1-2-3-4-11(9,10)6-5(7)8;/h6H,2-4H2,1H3,(H,7,8);1H2. The van der Waals surface area contributed by atoms with E-state index in [0.717, 1.165) is 6.42 Å². The quantitative estimate of drug-likeness (QED) is 0.638. The average molecular weight is 199 g/mol. The van der Waals surface area contributed by atoms with Gasteiger partial charge in [-0.3, -0.25) is 0 Å². The molecule has 4 N–H and O–H groups in total. The maximum atomic E-state index is 10.7. The monoisotopic (exact) mass is 199 g/mol. The fraction of sp³-hybridized carbons (Fsp3) is 0.800. The van der Waals surface area contributed by atoms with Crippen molar-refractivity contribution in [2.45, 2.75) is 19.8 Å². The molecule has 0 saturated carbocycles. The molecule has 0 aromatic heterocycles. The molecule has 0 spiro atoms. The Morgan fingerprint density at radius 1 is 1.50 bits per heavy atom. The summed E-state index contributed by atoms with van der Waals surface area (Å²) in [5.41, 5.74) is 0. The Bertz CT molecular complexity index is 222. The van der Waals surface area contributed by atoms with Crippen LogP contribution in [0, 0.1) is 0 Å². The van der Waals surface area contributed by atoms with Gasteiger partial charge in [0.1, 0.15) is 0 Å². The minimum atomic E-state index is -3.59. The molecule has 0 bridgehead atoms. The molecule has 0 aliphatic carbocycles. The number of carboxylic acid groups (broad SMARTS) is 1. The number of nitrogens with one attached hydrogen (secondary N) is 1. The molecule has 0 fully saturated rings. The second-order valence-corrected chi connectivity index (χ2v) is 3.92. The van der Waals surface area contributed by atoms with Crippen LogP contribution in [0.25, 0.3) is 0 Å². The van der Waals surface area contributed by atoms with Crippen LogP contribution in [0.4, 0.5) is 4.79 Å². The second kappa shape index (κ2) is 5.78. The highest BCUT2D eigenvalue weighted by Gasteiger charge is 2.11. The van der Waals surface area contributed by atoms with Crippen LogP contribution in [0.3, 0.4) is 0 Å². The van der Waals surface area contributed by atoms with Gasteiger partial charge in [0.15, 0.2) is 0 Å². The van der Waals surface area contributed by atoms with Gasteiger partial charge in [-0.1, -0.05) is 13.3 Å². The topological polar surface area (TPSA) is 115 Å². The van der Waals surface area contributed by atoms with Gasteiger partial charge in [-0.2, -0.15) is 0 Å². The molecule has 0 aromatic rings. The molecule has 0 heterocycles. The molecular formula is C5H13NO5S. The Morgan fingerprint density at radius 3 is 2.33 bits per heavy atom. The average Bonchev–Trinajstić information content (AvgIpc) is 1.81. The van der Waals surface area contributed by atoms with E-state index in [9.17, 15) is 13.2 Å². The third kappa shape index (κ3) is 7.29. The van der Waals surface area contributed by atoms with Crippen molar-refractivity contribution in [3.63, 3.8) is 0 Å². The molecule has 12 heavy (non-hydrogen) atoms. The van der Waals surface area contributed by atoms with Crippen LogP contribution >= 0.6 is 0 Å². The molecule has 0 radical (unpaired) electrons. The Hall–Kier alpha value is -0.820. The number of hydrogen-bond donors (Lipinski definition) is 2. The molecule has 0 rings (SSSR count). The predicted molar refractivity (Wildman–Crippen MR) is 43.5 cm³/mol. The van der Waals surface area contributed by atoms with Crippen LogP contribution in [0.1, 0.15) is 19.8 Å². The van der Waals surface area contributed by atoms with Gasteiger partial charge in [0.05, 0.1) is 5.75 Å². The van der Waals surface area contributed by atoms with Crippen molar-refractivity contribution in [2.75, 3.05) is 5.75 Å². The molecule has 0 saturated heterocycles. The van der Waals surface area contributed by atoms with E-state index in [-0.39, 0.29) is 11.2 Å². The highest BCUT2D eigenvalue weighted by Crippen LogP contribution is 1.92. The first kappa shape index (κ1) is 13.7. The van der Waals surface area contributed by atoms with Crippen LogP contribution in [0.15, 0.2) is 0 Å². The van der Waals surface area contributed by atoms with Crippen molar-refractivity contribution >= 4 is 16.1 Å². The molecule has 0 aromatic carbocycles. The Morgan fingerprint density at radius 2 is 2.00 bits per heavy atom. The molecule has 1 amide bonds.